The first-order chi connectivity index (χ1) is 8.96. The molecule has 0 amide bonds. The van der Waals surface area contributed by atoms with Gasteiger partial charge in [0.15, 0.2) is 0 Å². The maximum absolute atomic E-state index is 10.8. The molecule has 0 heterocycles. The SMILES string of the molecule is NS(=O)(=O)CCCNC1CC(c2ccccc2Br)C1. The molecule has 0 aliphatic heterocycles. The number of benzene rings is 1. The molecular formula is C13H19BrN2O2S. The summed E-state index contributed by atoms with van der Waals surface area (Å²) in [4.78, 5) is 0. The molecular weight excluding hydrogens is 328 g/mol. The fraction of sp³-hybridized carbons (Fsp3) is 0.538. The van der Waals surface area contributed by atoms with Crippen LogP contribution in [0.1, 0.15) is 30.7 Å². The van der Waals surface area contributed by atoms with E-state index in [1.807, 2.05) is 6.07 Å². The number of sulfonamides is 1. The Hall–Kier alpha value is -0.430. The van der Waals surface area contributed by atoms with Crippen LogP contribution in [0.25, 0.3) is 0 Å². The van der Waals surface area contributed by atoms with Crippen LogP contribution in [-0.2, 0) is 10.0 Å². The summed E-state index contributed by atoms with van der Waals surface area (Å²) in [6.45, 7) is 0.712. The molecule has 0 aromatic heterocycles. The molecule has 1 aromatic carbocycles. The summed E-state index contributed by atoms with van der Waals surface area (Å²) in [5.74, 6) is 0.659. The number of halogens is 1. The van der Waals surface area contributed by atoms with Crippen molar-refractivity contribution in [3.8, 4) is 0 Å². The van der Waals surface area contributed by atoms with Gasteiger partial charge in [0.25, 0.3) is 0 Å². The van der Waals surface area contributed by atoms with E-state index < -0.39 is 10.0 Å². The predicted molar refractivity (Wildman–Crippen MR) is 80.5 cm³/mol. The van der Waals surface area contributed by atoms with Gasteiger partial charge in [-0.3, -0.25) is 0 Å². The Bertz CT molecular complexity index is 527. The molecule has 19 heavy (non-hydrogen) atoms. The number of hydrogen-bond acceptors (Lipinski definition) is 3. The van der Waals surface area contributed by atoms with E-state index in [4.69, 9.17) is 5.14 Å². The topological polar surface area (TPSA) is 72.2 Å². The largest absolute Gasteiger partial charge is 0.314 e. The van der Waals surface area contributed by atoms with E-state index >= 15 is 0 Å². The van der Waals surface area contributed by atoms with Gasteiger partial charge in [-0.15, -0.1) is 0 Å². The summed E-state index contributed by atoms with van der Waals surface area (Å²) in [5.41, 5.74) is 1.37. The van der Waals surface area contributed by atoms with Crippen LogP contribution in [0.15, 0.2) is 28.7 Å². The van der Waals surface area contributed by atoms with Crippen molar-refractivity contribution >= 4 is 26.0 Å². The Labute approximate surface area is 122 Å². The van der Waals surface area contributed by atoms with Crippen molar-refractivity contribution in [2.45, 2.75) is 31.2 Å². The minimum absolute atomic E-state index is 0.0559. The summed E-state index contributed by atoms with van der Waals surface area (Å²) in [5, 5.41) is 8.33. The van der Waals surface area contributed by atoms with Gasteiger partial charge in [0.05, 0.1) is 5.75 Å². The molecule has 1 fully saturated rings. The van der Waals surface area contributed by atoms with E-state index in [9.17, 15) is 8.42 Å². The Morgan fingerprint density at radius 2 is 2.00 bits per heavy atom. The Morgan fingerprint density at radius 1 is 1.32 bits per heavy atom. The molecule has 0 radical (unpaired) electrons. The number of primary sulfonamides is 1. The quantitative estimate of drug-likeness (QED) is 0.773. The van der Waals surface area contributed by atoms with Gasteiger partial charge in [-0.2, -0.15) is 0 Å². The van der Waals surface area contributed by atoms with Crippen LogP contribution >= 0.6 is 15.9 Å². The molecule has 1 aromatic rings. The standard InChI is InChI=1S/C13H19BrN2O2S/c14-13-5-2-1-4-12(13)10-8-11(9-10)16-6-3-7-19(15,17)18/h1-2,4-5,10-11,16H,3,6-9H2,(H2,15,17,18). The lowest BCUT2D eigenvalue weighted by molar-refractivity contribution is 0.291. The van der Waals surface area contributed by atoms with Crippen LogP contribution in [0, 0.1) is 0 Å². The zero-order chi connectivity index (χ0) is 13.9. The lowest BCUT2D eigenvalue weighted by atomic mass is 9.76. The maximum Gasteiger partial charge on any atom is 0.209 e. The van der Waals surface area contributed by atoms with E-state index in [1.54, 1.807) is 0 Å². The highest BCUT2D eigenvalue weighted by atomic mass is 79.9. The monoisotopic (exact) mass is 346 g/mol. The lowest BCUT2D eigenvalue weighted by Crippen LogP contribution is -2.41. The molecule has 3 N–H and O–H groups in total. The highest BCUT2D eigenvalue weighted by molar-refractivity contribution is 9.10. The van der Waals surface area contributed by atoms with Crippen LogP contribution in [0.4, 0.5) is 0 Å². The first-order valence-electron chi connectivity index (χ1n) is 6.44. The minimum Gasteiger partial charge on any atom is -0.314 e. The predicted octanol–water partition coefficient (Wildman–Crippen LogP) is 1.96. The van der Waals surface area contributed by atoms with Crippen molar-refractivity contribution < 1.29 is 8.42 Å². The van der Waals surface area contributed by atoms with Crippen LogP contribution in [0.5, 0.6) is 0 Å². The molecule has 4 nitrogen and oxygen atoms in total. The first-order valence-corrected chi connectivity index (χ1v) is 8.95. The van der Waals surface area contributed by atoms with Gasteiger partial charge in [-0.25, -0.2) is 13.6 Å². The number of rotatable bonds is 6. The highest BCUT2D eigenvalue weighted by Crippen LogP contribution is 2.39. The fourth-order valence-electron chi connectivity index (χ4n) is 2.42. The number of nitrogens with one attached hydrogen (secondary N) is 1. The molecule has 1 aliphatic rings. The second kappa shape index (κ2) is 6.35. The van der Waals surface area contributed by atoms with Crippen molar-refractivity contribution in [3.63, 3.8) is 0 Å². The average Bonchev–Trinajstić information content (AvgIpc) is 2.27. The molecule has 106 valence electrons. The van der Waals surface area contributed by atoms with E-state index in [-0.39, 0.29) is 5.75 Å². The van der Waals surface area contributed by atoms with Gasteiger partial charge >= 0.3 is 0 Å². The molecule has 0 saturated heterocycles. The summed E-state index contributed by atoms with van der Waals surface area (Å²) in [6, 6.07) is 8.81. The van der Waals surface area contributed by atoms with E-state index in [0.717, 1.165) is 12.8 Å². The van der Waals surface area contributed by atoms with Crippen molar-refractivity contribution in [2.75, 3.05) is 12.3 Å². The van der Waals surface area contributed by atoms with Gasteiger partial charge < -0.3 is 5.32 Å². The molecule has 6 heteroatoms. The van der Waals surface area contributed by atoms with E-state index in [2.05, 4.69) is 39.4 Å². The Balaban J connectivity index is 1.68. The zero-order valence-corrected chi connectivity index (χ0v) is 13.1. The molecule has 0 unspecified atom stereocenters. The maximum atomic E-state index is 10.8. The summed E-state index contributed by atoms with van der Waals surface area (Å²) in [7, 11) is -3.32. The van der Waals surface area contributed by atoms with Crippen LogP contribution in [0.3, 0.4) is 0 Å². The molecule has 2 rings (SSSR count). The normalized spacial score (nSPS) is 23.1. The van der Waals surface area contributed by atoms with Crippen LogP contribution in [0.2, 0.25) is 0 Å². The first kappa shape index (κ1) is 15.0. The van der Waals surface area contributed by atoms with Gasteiger partial charge in [0.1, 0.15) is 0 Å². The zero-order valence-electron chi connectivity index (χ0n) is 10.7. The van der Waals surface area contributed by atoms with Gasteiger partial charge in [-0.1, -0.05) is 34.1 Å². The Morgan fingerprint density at radius 3 is 2.63 bits per heavy atom. The highest BCUT2D eigenvalue weighted by Gasteiger charge is 2.30. The second-order valence-corrected chi connectivity index (χ2v) is 7.65. The van der Waals surface area contributed by atoms with E-state index in [0.29, 0.717) is 24.9 Å². The molecule has 1 aliphatic carbocycles. The van der Waals surface area contributed by atoms with Crippen molar-refractivity contribution in [1.82, 2.24) is 5.32 Å². The summed E-state index contributed by atoms with van der Waals surface area (Å²) in [6.07, 6.45) is 2.80. The third kappa shape index (κ3) is 4.56. The van der Waals surface area contributed by atoms with Crippen LogP contribution in [-0.4, -0.2) is 26.8 Å². The van der Waals surface area contributed by atoms with Gasteiger partial charge in [0.2, 0.25) is 10.0 Å². The minimum atomic E-state index is -3.32. The van der Waals surface area contributed by atoms with Gasteiger partial charge in [-0.05, 0) is 43.4 Å². The lowest BCUT2D eigenvalue weighted by Gasteiger charge is -2.37. The fourth-order valence-corrected chi connectivity index (χ4v) is 3.58. The van der Waals surface area contributed by atoms with Gasteiger partial charge in [0, 0.05) is 10.5 Å². The molecule has 0 atom stereocenters. The van der Waals surface area contributed by atoms with Crippen molar-refractivity contribution in [1.29, 1.82) is 0 Å². The number of hydrogen-bond donors (Lipinski definition) is 2. The average molecular weight is 347 g/mol. The smallest absolute Gasteiger partial charge is 0.209 e. The summed E-state index contributed by atoms with van der Waals surface area (Å²) < 4.78 is 22.7. The third-order valence-electron chi connectivity index (χ3n) is 3.52. The molecule has 0 spiro atoms. The van der Waals surface area contributed by atoms with Crippen molar-refractivity contribution in [3.05, 3.63) is 34.3 Å². The third-order valence-corrected chi connectivity index (χ3v) is 5.10. The van der Waals surface area contributed by atoms with Crippen molar-refractivity contribution in [2.24, 2.45) is 5.14 Å². The second-order valence-electron chi connectivity index (χ2n) is 5.06. The Kier molecular flexibility index (Phi) is 5.00. The molecule has 0 bridgehead atoms. The van der Waals surface area contributed by atoms with Crippen LogP contribution < -0.4 is 10.5 Å². The summed E-state index contributed by atoms with van der Waals surface area (Å²) >= 11 is 3.58. The van der Waals surface area contributed by atoms with E-state index in [1.165, 1.54) is 10.0 Å². The molecule has 1 saturated carbocycles. The number of nitrogens with two attached hydrogens (primary N) is 1.